The topological polar surface area (TPSA) is 46.5 Å². The molecule has 1 unspecified atom stereocenters. The van der Waals surface area contributed by atoms with Crippen molar-refractivity contribution in [2.24, 2.45) is 0 Å². The highest BCUT2D eigenvalue weighted by Gasteiger charge is 2.26. The number of carbonyl (C=O) groups is 1. The fourth-order valence-electron chi connectivity index (χ4n) is 2.39. The minimum absolute atomic E-state index is 0.202. The van der Waals surface area contributed by atoms with E-state index in [9.17, 15) is 9.90 Å². The minimum atomic E-state index is -0.945. The highest BCUT2D eigenvalue weighted by molar-refractivity contribution is 6.36. The largest absolute Gasteiger partial charge is 0.496 e. The van der Waals surface area contributed by atoms with Crippen LogP contribution in [0.3, 0.4) is 0 Å². The Kier molecular flexibility index (Phi) is 5.33. The Morgan fingerprint density at radius 3 is 2.41 bits per heavy atom. The molecule has 0 aliphatic heterocycles. The Bertz CT molecular complexity index is 678. The molecule has 0 aliphatic rings. The average Bonchev–Trinajstić information content (AvgIpc) is 2.46. The first kappa shape index (κ1) is 16.7. The monoisotopic (exact) mass is 338 g/mol. The van der Waals surface area contributed by atoms with Gasteiger partial charge < -0.3 is 9.84 Å². The molecule has 0 aromatic heterocycles. The van der Waals surface area contributed by atoms with Crippen LogP contribution in [0.1, 0.15) is 22.6 Å². The first-order chi connectivity index (χ1) is 10.4. The standard InChI is InChI=1S/C17H16Cl2O3/c1-10-6-7-16(22-2)11(8-10)12(17(20)21)9-13-14(18)4-3-5-15(13)19/h3-8,12H,9H2,1-2H3,(H,20,21). The third kappa shape index (κ3) is 3.54. The number of carboxylic acid groups (broad SMARTS) is 1. The molecule has 0 saturated heterocycles. The van der Waals surface area contributed by atoms with Crippen LogP contribution in [0.5, 0.6) is 5.75 Å². The van der Waals surface area contributed by atoms with Gasteiger partial charge in [0, 0.05) is 15.6 Å². The lowest BCUT2D eigenvalue weighted by molar-refractivity contribution is -0.138. The van der Waals surface area contributed by atoms with Gasteiger partial charge in [-0.25, -0.2) is 0 Å². The van der Waals surface area contributed by atoms with Crippen LogP contribution in [0, 0.1) is 6.92 Å². The van der Waals surface area contributed by atoms with Crippen molar-refractivity contribution in [2.75, 3.05) is 7.11 Å². The van der Waals surface area contributed by atoms with Gasteiger partial charge in [0.1, 0.15) is 5.75 Å². The van der Waals surface area contributed by atoms with Crippen molar-refractivity contribution in [3.05, 3.63) is 63.1 Å². The van der Waals surface area contributed by atoms with Gasteiger partial charge in [-0.1, -0.05) is 47.0 Å². The van der Waals surface area contributed by atoms with Gasteiger partial charge in [-0.3, -0.25) is 4.79 Å². The molecule has 0 radical (unpaired) electrons. The number of rotatable bonds is 5. The second-order valence-electron chi connectivity index (χ2n) is 5.04. The molecule has 1 atom stereocenters. The van der Waals surface area contributed by atoms with Crippen LogP contribution in [-0.4, -0.2) is 18.2 Å². The first-order valence-electron chi connectivity index (χ1n) is 6.74. The van der Waals surface area contributed by atoms with Gasteiger partial charge in [-0.05, 0) is 37.1 Å². The third-order valence-corrected chi connectivity index (χ3v) is 4.24. The molecule has 22 heavy (non-hydrogen) atoms. The fraction of sp³-hybridized carbons (Fsp3) is 0.235. The predicted octanol–water partition coefficient (Wildman–Crippen LogP) is 4.72. The summed E-state index contributed by atoms with van der Waals surface area (Å²) in [4.78, 5) is 11.8. The number of halogens is 2. The highest BCUT2D eigenvalue weighted by atomic mass is 35.5. The van der Waals surface area contributed by atoms with Crippen LogP contribution < -0.4 is 4.74 Å². The fourth-order valence-corrected chi connectivity index (χ4v) is 2.94. The van der Waals surface area contributed by atoms with Gasteiger partial charge in [0.15, 0.2) is 0 Å². The van der Waals surface area contributed by atoms with Crippen molar-refractivity contribution in [2.45, 2.75) is 19.3 Å². The third-order valence-electron chi connectivity index (χ3n) is 3.53. The summed E-state index contributed by atoms with van der Waals surface area (Å²) in [7, 11) is 1.52. The molecule has 1 N–H and O–H groups in total. The predicted molar refractivity (Wildman–Crippen MR) is 88.3 cm³/mol. The molecule has 2 aromatic rings. The quantitative estimate of drug-likeness (QED) is 0.857. The van der Waals surface area contributed by atoms with E-state index >= 15 is 0 Å². The first-order valence-corrected chi connectivity index (χ1v) is 7.50. The van der Waals surface area contributed by atoms with Crippen LogP contribution in [0.15, 0.2) is 36.4 Å². The maximum atomic E-state index is 11.8. The molecule has 116 valence electrons. The van der Waals surface area contributed by atoms with Crippen molar-refractivity contribution in [3.8, 4) is 5.75 Å². The van der Waals surface area contributed by atoms with E-state index in [1.807, 2.05) is 19.1 Å². The van der Waals surface area contributed by atoms with Crippen molar-refractivity contribution >= 4 is 29.2 Å². The van der Waals surface area contributed by atoms with Gasteiger partial charge in [-0.15, -0.1) is 0 Å². The molecule has 5 heteroatoms. The smallest absolute Gasteiger partial charge is 0.311 e. The van der Waals surface area contributed by atoms with Gasteiger partial charge in [0.05, 0.1) is 13.0 Å². The summed E-state index contributed by atoms with van der Waals surface area (Å²) in [5.74, 6) is -1.19. The number of hydrogen-bond donors (Lipinski definition) is 1. The Hall–Kier alpha value is -1.71. The molecule has 0 heterocycles. The van der Waals surface area contributed by atoms with Crippen LogP contribution in [-0.2, 0) is 11.2 Å². The van der Waals surface area contributed by atoms with E-state index in [-0.39, 0.29) is 6.42 Å². The molecular weight excluding hydrogens is 323 g/mol. The van der Waals surface area contributed by atoms with Crippen molar-refractivity contribution in [3.63, 3.8) is 0 Å². The molecule has 0 bridgehead atoms. The van der Waals surface area contributed by atoms with Crippen molar-refractivity contribution < 1.29 is 14.6 Å². The lowest BCUT2D eigenvalue weighted by Gasteiger charge is -2.18. The van der Waals surface area contributed by atoms with Crippen molar-refractivity contribution in [1.29, 1.82) is 0 Å². The Morgan fingerprint density at radius 2 is 1.86 bits per heavy atom. The van der Waals surface area contributed by atoms with E-state index in [0.717, 1.165) is 5.56 Å². The van der Waals surface area contributed by atoms with Crippen LogP contribution in [0.2, 0.25) is 10.0 Å². The molecular formula is C17H16Cl2O3. The Balaban J connectivity index is 2.48. The zero-order valence-corrected chi connectivity index (χ0v) is 13.8. The van der Waals surface area contributed by atoms with Gasteiger partial charge in [0.2, 0.25) is 0 Å². The summed E-state index contributed by atoms with van der Waals surface area (Å²) >= 11 is 12.3. The molecule has 2 aromatic carbocycles. The summed E-state index contributed by atoms with van der Waals surface area (Å²) in [5, 5.41) is 10.6. The number of benzene rings is 2. The minimum Gasteiger partial charge on any atom is -0.496 e. The molecule has 0 amide bonds. The second-order valence-corrected chi connectivity index (χ2v) is 5.85. The summed E-state index contributed by atoms with van der Waals surface area (Å²) in [5.41, 5.74) is 2.21. The highest BCUT2D eigenvalue weighted by Crippen LogP contribution is 2.34. The summed E-state index contributed by atoms with van der Waals surface area (Å²) in [6, 6.07) is 10.6. The van der Waals surface area contributed by atoms with E-state index in [0.29, 0.717) is 26.9 Å². The lowest BCUT2D eigenvalue weighted by atomic mass is 9.90. The number of aliphatic carboxylic acids is 1. The van der Waals surface area contributed by atoms with Crippen LogP contribution >= 0.6 is 23.2 Å². The molecule has 0 aliphatic carbocycles. The number of methoxy groups -OCH3 is 1. The van der Waals surface area contributed by atoms with E-state index in [1.165, 1.54) is 7.11 Å². The maximum Gasteiger partial charge on any atom is 0.311 e. The summed E-state index contributed by atoms with van der Waals surface area (Å²) in [6.45, 7) is 1.91. The second kappa shape index (κ2) is 7.03. The van der Waals surface area contributed by atoms with Crippen LogP contribution in [0.25, 0.3) is 0 Å². The lowest BCUT2D eigenvalue weighted by Crippen LogP contribution is -2.16. The average molecular weight is 339 g/mol. The normalized spacial score (nSPS) is 12.0. The van der Waals surface area contributed by atoms with Crippen LogP contribution in [0.4, 0.5) is 0 Å². The molecule has 0 spiro atoms. The molecule has 0 fully saturated rings. The molecule has 0 saturated carbocycles. The summed E-state index contributed by atoms with van der Waals surface area (Å²) < 4.78 is 5.30. The number of carboxylic acids is 1. The SMILES string of the molecule is COc1ccc(C)cc1C(Cc1c(Cl)cccc1Cl)C(=O)O. The zero-order chi connectivity index (χ0) is 16.3. The molecule has 3 nitrogen and oxygen atoms in total. The van der Waals surface area contributed by atoms with Gasteiger partial charge in [0.25, 0.3) is 0 Å². The van der Waals surface area contributed by atoms with Gasteiger partial charge >= 0.3 is 5.97 Å². The van der Waals surface area contributed by atoms with Gasteiger partial charge in [-0.2, -0.15) is 0 Å². The number of hydrogen-bond acceptors (Lipinski definition) is 2. The number of aryl methyl sites for hydroxylation is 1. The van der Waals surface area contributed by atoms with E-state index < -0.39 is 11.9 Å². The number of ether oxygens (including phenoxy) is 1. The molecule has 2 rings (SSSR count). The van der Waals surface area contributed by atoms with E-state index in [2.05, 4.69) is 0 Å². The zero-order valence-electron chi connectivity index (χ0n) is 12.3. The summed E-state index contributed by atoms with van der Waals surface area (Å²) in [6.07, 6.45) is 0.202. The van der Waals surface area contributed by atoms with E-state index in [4.69, 9.17) is 27.9 Å². The maximum absolute atomic E-state index is 11.8. The van der Waals surface area contributed by atoms with Crippen molar-refractivity contribution in [1.82, 2.24) is 0 Å². The Labute approximate surface area is 139 Å². The Morgan fingerprint density at radius 1 is 1.23 bits per heavy atom. The van der Waals surface area contributed by atoms with E-state index in [1.54, 1.807) is 24.3 Å².